The normalized spacial score (nSPS) is 22.7. The quantitative estimate of drug-likeness (QED) is 0.910. The van der Waals surface area contributed by atoms with Crippen molar-refractivity contribution in [3.8, 4) is 0 Å². The summed E-state index contributed by atoms with van der Waals surface area (Å²) in [6, 6.07) is 4.34. The van der Waals surface area contributed by atoms with Gasteiger partial charge in [0.1, 0.15) is 11.9 Å². The van der Waals surface area contributed by atoms with Gasteiger partial charge in [-0.3, -0.25) is 9.69 Å². The molecule has 0 aliphatic carbocycles. The molecule has 1 N–H and O–H groups in total. The predicted octanol–water partition coefficient (Wildman–Crippen LogP) is 3.66. The molecule has 0 saturated carbocycles. The van der Waals surface area contributed by atoms with Gasteiger partial charge in [-0.1, -0.05) is 35.8 Å². The number of benzene rings is 1. The van der Waals surface area contributed by atoms with Gasteiger partial charge in [-0.2, -0.15) is 0 Å². The lowest BCUT2D eigenvalue weighted by molar-refractivity contribution is -0.151. The van der Waals surface area contributed by atoms with Crippen molar-refractivity contribution >= 4 is 21.9 Å². The summed E-state index contributed by atoms with van der Waals surface area (Å²) in [4.78, 5) is 13.4. The lowest BCUT2D eigenvalue weighted by atomic mass is 9.76. The van der Waals surface area contributed by atoms with E-state index in [1.165, 1.54) is 6.07 Å². The van der Waals surface area contributed by atoms with Gasteiger partial charge in [0.15, 0.2) is 0 Å². The Hall–Kier alpha value is -0.940. The first-order valence-corrected chi connectivity index (χ1v) is 7.51. The molecule has 1 unspecified atom stereocenters. The van der Waals surface area contributed by atoms with Gasteiger partial charge in [-0.05, 0) is 36.9 Å². The van der Waals surface area contributed by atoms with Crippen LogP contribution in [0, 0.1) is 11.2 Å². The number of likely N-dealkylation sites (tertiary alicyclic amines) is 1. The van der Waals surface area contributed by atoms with Crippen molar-refractivity contribution < 1.29 is 14.3 Å². The molecule has 2 rings (SSSR count). The minimum absolute atomic E-state index is 0.296. The second kappa shape index (κ2) is 5.82. The fraction of sp³-hybridized carbons (Fsp3) is 0.533. The fourth-order valence-electron chi connectivity index (χ4n) is 3.03. The number of carbonyl (C=O) groups is 1. The number of hydrogen-bond acceptors (Lipinski definition) is 2. The molecule has 0 aromatic heterocycles. The number of hydrogen-bond donors (Lipinski definition) is 1. The van der Waals surface area contributed by atoms with E-state index in [0.29, 0.717) is 23.1 Å². The molecule has 5 heteroatoms. The van der Waals surface area contributed by atoms with E-state index >= 15 is 0 Å². The third-order valence-corrected chi connectivity index (χ3v) is 4.49. The third-order valence-electron chi connectivity index (χ3n) is 3.99. The van der Waals surface area contributed by atoms with Crippen molar-refractivity contribution in [2.24, 2.45) is 5.41 Å². The highest BCUT2D eigenvalue weighted by molar-refractivity contribution is 9.10. The van der Waals surface area contributed by atoms with Crippen molar-refractivity contribution in [3.05, 3.63) is 34.1 Å². The molecule has 1 aromatic rings. The first-order valence-electron chi connectivity index (χ1n) is 6.72. The van der Waals surface area contributed by atoms with Gasteiger partial charge in [0.2, 0.25) is 0 Å². The molecule has 110 valence electrons. The number of rotatable bonds is 3. The van der Waals surface area contributed by atoms with E-state index < -0.39 is 12.0 Å². The maximum Gasteiger partial charge on any atom is 0.321 e. The highest BCUT2D eigenvalue weighted by Gasteiger charge is 2.42. The topological polar surface area (TPSA) is 40.5 Å². The summed E-state index contributed by atoms with van der Waals surface area (Å²) in [6.45, 7) is 4.96. The average Bonchev–Trinajstić information content (AvgIpc) is 2.31. The SMILES string of the molecule is CC1(C)CCCN(Cc2ccc(Br)cc2F)C1C(=O)O. The molecular formula is C15H19BrFNO2. The summed E-state index contributed by atoms with van der Waals surface area (Å²) in [6.07, 6.45) is 1.82. The van der Waals surface area contributed by atoms with Crippen LogP contribution in [0.2, 0.25) is 0 Å². The van der Waals surface area contributed by atoms with E-state index in [-0.39, 0.29) is 11.2 Å². The molecular weight excluding hydrogens is 325 g/mol. The molecule has 0 bridgehead atoms. The van der Waals surface area contributed by atoms with Crippen molar-refractivity contribution in [2.75, 3.05) is 6.54 Å². The smallest absolute Gasteiger partial charge is 0.321 e. The van der Waals surface area contributed by atoms with Gasteiger partial charge in [-0.25, -0.2) is 4.39 Å². The van der Waals surface area contributed by atoms with Crippen molar-refractivity contribution in [1.82, 2.24) is 4.90 Å². The molecule has 0 spiro atoms. The van der Waals surface area contributed by atoms with Crippen LogP contribution in [0.15, 0.2) is 22.7 Å². The van der Waals surface area contributed by atoms with Gasteiger partial charge in [0.25, 0.3) is 0 Å². The second-order valence-electron chi connectivity index (χ2n) is 6.04. The number of nitrogens with zero attached hydrogens (tertiary/aromatic N) is 1. The van der Waals surface area contributed by atoms with Crippen LogP contribution in [-0.2, 0) is 11.3 Å². The van der Waals surface area contributed by atoms with Crippen LogP contribution in [0.1, 0.15) is 32.3 Å². The van der Waals surface area contributed by atoms with Crippen LogP contribution in [0.3, 0.4) is 0 Å². The maximum absolute atomic E-state index is 13.9. The zero-order valence-corrected chi connectivity index (χ0v) is 13.3. The standard InChI is InChI=1S/C15H19BrFNO2/c1-15(2)6-3-7-18(13(15)14(19)20)9-10-4-5-11(16)8-12(10)17/h4-5,8,13H,3,6-7,9H2,1-2H3,(H,19,20). The van der Waals surface area contributed by atoms with Crippen LogP contribution >= 0.6 is 15.9 Å². The van der Waals surface area contributed by atoms with Crippen molar-refractivity contribution in [2.45, 2.75) is 39.3 Å². The molecule has 0 radical (unpaired) electrons. The van der Waals surface area contributed by atoms with E-state index in [9.17, 15) is 14.3 Å². The number of aliphatic carboxylic acids is 1. The minimum atomic E-state index is -0.827. The number of piperidine rings is 1. The van der Waals surface area contributed by atoms with Crippen LogP contribution in [0.25, 0.3) is 0 Å². The Labute approximate surface area is 126 Å². The Balaban J connectivity index is 2.24. The number of carboxylic acid groups (broad SMARTS) is 1. The van der Waals surface area contributed by atoms with Crippen molar-refractivity contribution in [3.63, 3.8) is 0 Å². The monoisotopic (exact) mass is 343 g/mol. The largest absolute Gasteiger partial charge is 0.480 e. The summed E-state index contributed by atoms with van der Waals surface area (Å²) in [7, 11) is 0. The van der Waals surface area contributed by atoms with E-state index in [0.717, 1.165) is 12.8 Å². The zero-order valence-electron chi connectivity index (χ0n) is 11.7. The van der Waals surface area contributed by atoms with Crippen LogP contribution in [-0.4, -0.2) is 28.6 Å². The van der Waals surface area contributed by atoms with Gasteiger partial charge in [0, 0.05) is 16.6 Å². The van der Waals surface area contributed by atoms with E-state index in [1.807, 2.05) is 18.7 Å². The van der Waals surface area contributed by atoms with E-state index in [1.54, 1.807) is 12.1 Å². The van der Waals surface area contributed by atoms with Gasteiger partial charge in [0.05, 0.1) is 0 Å². The van der Waals surface area contributed by atoms with Gasteiger partial charge in [-0.15, -0.1) is 0 Å². The zero-order chi connectivity index (χ0) is 14.9. The lowest BCUT2D eigenvalue weighted by Crippen LogP contribution is -2.53. The van der Waals surface area contributed by atoms with Crippen LogP contribution < -0.4 is 0 Å². The summed E-state index contributed by atoms with van der Waals surface area (Å²) in [5.74, 6) is -1.13. The minimum Gasteiger partial charge on any atom is -0.480 e. The highest BCUT2D eigenvalue weighted by atomic mass is 79.9. The number of halogens is 2. The molecule has 0 amide bonds. The first kappa shape index (κ1) is 15.4. The maximum atomic E-state index is 13.9. The summed E-state index contributed by atoms with van der Waals surface area (Å²) >= 11 is 3.23. The molecule has 3 nitrogen and oxygen atoms in total. The molecule has 1 saturated heterocycles. The third kappa shape index (κ3) is 3.20. The Morgan fingerprint density at radius 3 is 2.85 bits per heavy atom. The first-order chi connectivity index (χ1) is 9.31. The molecule has 1 heterocycles. The Bertz CT molecular complexity index is 519. The second-order valence-corrected chi connectivity index (χ2v) is 6.95. The summed E-state index contributed by atoms with van der Waals surface area (Å²) in [5.41, 5.74) is 0.243. The predicted molar refractivity (Wildman–Crippen MR) is 78.9 cm³/mol. The number of carboxylic acids is 1. The average molecular weight is 344 g/mol. The molecule has 1 fully saturated rings. The molecule has 1 aromatic carbocycles. The lowest BCUT2D eigenvalue weighted by Gasteiger charge is -2.44. The van der Waals surface area contributed by atoms with E-state index in [2.05, 4.69) is 15.9 Å². The van der Waals surface area contributed by atoms with Crippen molar-refractivity contribution in [1.29, 1.82) is 0 Å². The fourth-order valence-corrected chi connectivity index (χ4v) is 3.36. The molecule has 1 aliphatic rings. The molecule has 20 heavy (non-hydrogen) atoms. The van der Waals surface area contributed by atoms with Gasteiger partial charge >= 0.3 is 5.97 Å². The molecule has 1 atom stereocenters. The summed E-state index contributed by atoms with van der Waals surface area (Å²) < 4.78 is 14.6. The van der Waals surface area contributed by atoms with E-state index in [4.69, 9.17) is 0 Å². The van der Waals surface area contributed by atoms with Crippen LogP contribution in [0.5, 0.6) is 0 Å². The van der Waals surface area contributed by atoms with Gasteiger partial charge < -0.3 is 5.11 Å². The summed E-state index contributed by atoms with van der Waals surface area (Å²) in [5, 5.41) is 9.49. The molecule has 1 aliphatic heterocycles. The van der Waals surface area contributed by atoms with Crippen LogP contribution in [0.4, 0.5) is 4.39 Å². The Morgan fingerprint density at radius 2 is 2.25 bits per heavy atom. The Kier molecular flexibility index (Phi) is 4.49. The Morgan fingerprint density at radius 1 is 1.55 bits per heavy atom. The highest BCUT2D eigenvalue weighted by Crippen LogP contribution is 2.36.